The summed E-state index contributed by atoms with van der Waals surface area (Å²) in [7, 11) is 1.67. The van der Waals surface area contributed by atoms with Gasteiger partial charge in [0.2, 0.25) is 0 Å². The molecule has 5 rings (SSSR count). The quantitative estimate of drug-likeness (QED) is 0.671. The average molecular weight is 410 g/mol. The van der Waals surface area contributed by atoms with Crippen molar-refractivity contribution in [1.29, 1.82) is 0 Å². The predicted molar refractivity (Wildman–Crippen MR) is 114 cm³/mol. The lowest BCUT2D eigenvalue weighted by atomic mass is 10.0. The highest BCUT2D eigenvalue weighted by Gasteiger charge is 2.30. The monoisotopic (exact) mass is 410 g/mol. The molecule has 158 valence electrons. The Hall–Kier alpha value is -2.74. The van der Waals surface area contributed by atoms with E-state index in [2.05, 4.69) is 21.7 Å². The number of anilines is 1. The van der Waals surface area contributed by atoms with Crippen LogP contribution in [0.5, 0.6) is 5.75 Å². The molecule has 0 bridgehead atoms. The number of ether oxygens (including phenoxy) is 1. The van der Waals surface area contributed by atoms with Gasteiger partial charge in [0.1, 0.15) is 29.1 Å². The highest BCUT2D eigenvalue weighted by atomic mass is 19.1. The summed E-state index contributed by atoms with van der Waals surface area (Å²) in [6.07, 6.45) is 3.69. The van der Waals surface area contributed by atoms with E-state index in [4.69, 9.17) is 14.8 Å². The molecular formula is C22H27FN6O. The molecule has 3 aromatic heterocycles. The zero-order valence-corrected chi connectivity index (χ0v) is 17.6. The molecule has 1 aliphatic heterocycles. The third kappa shape index (κ3) is 3.39. The van der Waals surface area contributed by atoms with Crippen LogP contribution in [0.25, 0.3) is 17.0 Å². The number of nitrogens with zero attached hydrogens (tertiary/aromatic N) is 4. The predicted octanol–water partition coefficient (Wildman–Crippen LogP) is 3.41. The Morgan fingerprint density at radius 2 is 2.03 bits per heavy atom. The zero-order valence-electron chi connectivity index (χ0n) is 17.6. The molecule has 7 nitrogen and oxygen atoms in total. The summed E-state index contributed by atoms with van der Waals surface area (Å²) < 4.78 is 21.7. The molecule has 4 heterocycles. The molecule has 30 heavy (non-hydrogen) atoms. The van der Waals surface area contributed by atoms with Crippen LogP contribution in [0.2, 0.25) is 0 Å². The maximum Gasteiger partial charge on any atom is 0.157 e. The molecule has 2 fully saturated rings. The van der Waals surface area contributed by atoms with Gasteiger partial charge < -0.3 is 15.4 Å². The second-order valence-corrected chi connectivity index (χ2v) is 8.36. The van der Waals surface area contributed by atoms with Crippen molar-refractivity contribution in [2.24, 2.45) is 0 Å². The van der Waals surface area contributed by atoms with Gasteiger partial charge in [0.15, 0.2) is 5.65 Å². The van der Waals surface area contributed by atoms with Crippen molar-refractivity contribution in [2.75, 3.05) is 25.5 Å². The number of halogens is 1. The molecule has 0 aromatic carbocycles. The molecule has 1 saturated heterocycles. The topological polar surface area (TPSA) is 76.4 Å². The van der Waals surface area contributed by atoms with Gasteiger partial charge in [-0.15, -0.1) is 0 Å². The van der Waals surface area contributed by atoms with Gasteiger partial charge in [-0.3, -0.25) is 0 Å². The van der Waals surface area contributed by atoms with Crippen molar-refractivity contribution >= 4 is 11.5 Å². The Kier molecular flexibility index (Phi) is 4.81. The minimum atomic E-state index is -0.886. The van der Waals surface area contributed by atoms with Gasteiger partial charge in [0, 0.05) is 18.5 Å². The van der Waals surface area contributed by atoms with E-state index in [1.165, 1.54) is 0 Å². The fraction of sp³-hybridized carbons (Fsp3) is 0.500. The summed E-state index contributed by atoms with van der Waals surface area (Å²) in [5, 5.41) is 11.4. The average Bonchev–Trinajstić information content (AvgIpc) is 3.51. The second kappa shape index (κ2) is 7.50. The molecule has 2 N–H and O–H groups in total. The lowest BCUT2D eigenvalue weighted by molar-refractivity contribution is 0.241. The first kappa shape index (κ1) is 19.2. The van der Waals surface area contributed by atoms with Crippen LogP contribution in [0, 0.1) is 13.8 Å². The fourth-order valence-corrected chi connectivity index (χ4v) is 4.18. The van der Waals surface area contributed by atoms with Gasteiger partial charge in [0.05, 0.1) is 25.0 Å². The van der Waals surface area contributed by atoms with E-state index in [-0.39, 0.29) is 6.04 Å². The van der Waals surface area contributed by atoms with Crippen LogP contribution >= 0.6 is 0 Å². The number of hydrogen-bond acceptors (Lipinski definition) is 6. The van der Waals surface area contributed by atoms with Crippen LogP contribution in [0.4, 0.5) is 10.2 Å². The number of imidazole rings is 1. The van der Waals surface area contributed by atoms with Crippen LogP contribution < -0.4 is 15.4 Å². The number of pyridine rings is 1. The Bertz CT molecular complexity index is 1090. The molecule has 2 unspecified atom stereocenters. The van der Waals surface area contributed by atoms with E-state index in [1.54, 1.807) is 13.3 Å². The van der Waals surface area contributed by atoms with Crippen molar-refractivity contribution in [3.63, 3.8) is 0 Å². The van der Waals surface area contributed by atoms with Crippen molar-refractivity contribution in [3.05, 3.63) is 35.2 Å². The van der Waals surface area contributed by atoms with E-state index < -0.39 is 6.17 Å². The maximum absolute atomic E-state index is 14.4. The number of methoxy groups -OCH3 is 1. The number of aromatic nitrogens is 4. The summed E-state index contributed by atoms with van der Waals surface area (Å²) in [6.45, 7) is 5.33. The first-order chi connectivity index (χ1) is 14.5. The fourth-order valence-electron chi connectivity index (χ4n) is 4.18. The van der Waals surface area contributed by atoms with E-state index in [0.29, 0.717) is 31.2 Å². The third-order valence-corrected chi connectivity index (χ3v) is 6.03. The lowest BCUT2D eigenvalue weighted by Gasteiger charge is -2.28. The van der Waals surface area contributed by atoms with Gasteiger partial charge in [0.25, 0.3) is 0 Å². The SMILES string of the molecule is COc1cc2ncc(-c3nc(NC4CNCCC4F)c(C)cc3C)n2nc1C1CC1. The number of hydrogen-bond donors (Lipinski definition) is 2. The minimum absolute atomic E-state index is 0.286. The molecule has 3 aromatic rings. The largest absolute Gasteiger partial charge is 0.495 e. The number of nitrogens with one attached hydrogen (secondary N) is 2. The van der Waals surface area contributed by atoms with E-state index in [1.807, 2.05) is 24.4 Å². The minimum Gasteiger partial charge on any atom is -0.495 e. The molecule has 0 spiro atoms. The number of rotatable bonds is 5. The normalized spacial score (nSPS) is 21.7. The van der Waals surface area contributed by atoms with Gasteiger partial charge in [-0.2, -0.15) is 5.10 Å². The molecular weight excluding hydrogens is 383 g/mol. The van der Waals surface area contributed by atoms with Crippen LogP contribution in [0.1, 0.15) is 42.0 Å². The molecule has 1 aliphatic carbocycles. The van der Waals surface area contributed by atoms with E-state index in [9.17, 15) is 4.39 Å². The van der Waals surface area contributed by atoms with Gasteiger partial charge in [-0.25, -0.2) is 18.9 Å². The van der Waals surface area contributed by atoms with Crippen LogP contribution in [-0.2, 0) is 0 Å². The van der Waals surface area contributed by atoms with Gasteiger partial charge in [-0.05, 0) is 50.8 Å². The Balaban J connectivity index is 1.56. The smallest absolute Gasteiger partial charge is 0.157 e. The third-order valence-electron chi connectivity index (χ3n) is 6.03. The Labute approximate surface area is 175 Å². The molecule has 1 saturated carbocycles. The molecule has 8 heteroatoms. The van der Waals surface area contributed by atoms with E-state index in [0.717, 1.165) is 52.4 Å². The van der Waals surface area contributed by atoms with Crippen molar-refractivity contribution in [1.82, 2.24) is 24.9 Å². The standard InChI is InChI=1S/C22H27FN6O/c1-12-8-13(2)22(26-16-10-24-7-6-15(16)23)27-20(12)17-11-25-19-9-18(30-3)21(14-4-5-14)28-29(17)19/h8-9,11,14-16,24H,4-7,10H2,1-3H3,(H,26,27). The summed E-state index contributed by atoms with van der Waals surface area (Å²) in [4.78, 5) is 9.42. The number of alkyl halides is 1. The molecule has 2 aliphatic rings. The highest BCUT2D eigenvalue weighted by Crippen LogP contribution is 2.43. The lowest BCUT2D eigenvalue weighted by Crippen LogP contribution is -2.46. The Morgan fingerprint density at radius 1 is 1.20 bits per heavy atom. The molecule has 0 radical (unpaired) electrons. The first-order valence-electron chi connectivity index (χ1n) is 10.6. The Morgan fingerprint density at radius 3 is 2.77 bits per heavy atom. The van der Waals surface area contributed by atoms with Crippen LogP contribution in [0.15, 0.2) is 18.3 Å². The summed E-state index contributed by atoms with van der Waals surface area (Å²) in [5.41, 5.74) is 5.35. The maximum atomic E-state index is 14.4. The number of aryl methyl sites for hydroxylation is 2. The summed E-state index contributed by atoms with van der Waals surface area (Å²) in [6, 6.07) is 3.74. The van der Waals surface area contributed by atoms with Gasteiger partial charge >= 0.3 is 0 Å². The second-order valence-electron chi connectivity index (χ2n) is 8.36. The summed E-state index contributed by atoms with van der Waals surface area (Å²) in [5.74, 6) is 1.94. The summed E-state index contributed by atoms with van der Waals surface area (Å²) >= 11 is 0. The van der Waals surface area contributed by atoms with Crippen LogP contribution in [-0.4, -0.2) is 52.0 Å². The van der Waals surface area contributed by atoms with Crippen molar-refractivity contribution in [3.8, 4) is 17.1 Å². The first-order valence-corrected chi connectivity index (χ1v) is 10.6. The molecule has 0 amide bonds. The number of piperidine rings is 1. The van der Waals surface area contributed by atoms with Crippen molar-refractivity contribution in [2.45, 2.75) is 51.2 Å². The van der Waals surface area contributed by atoms with Crippen LogP contribution in [0.3, 0.4) is 0 Å². The molecule has 2 atom stereocenters. The highest BCUT2D eigenvalue weighted by molar-refractivity contribution is 5.67. The van der Waals surface area contributed by atoms with Crippen molar-refractivity contribution < 1.29 is 9.13 Å². The number of fused-ring (bicyclic) bond motifs is 1. The zero-order chi connectivity index (χ0) is 20.8. The van der Waals surface area contributed by atoms with Gasteiger partial charge in [-0.1, -0.05) is 6.07 Å². The van der Waals surface area contributed by atoms with E-state index >= 15 is 0 Å².